The monoisotopic (exact) mass is 410 g/mol. The van der Waals surface area contributed by atoms with Crippen LogP contribution in [-0.4, -0.2) is 46.5 Å². The van der Waals surface area contributed by atoms with E-state index in [-0.39, 0.29) is 5.69 Å². The number of nitro benzene ring substituents is 1. The van der Waals surface area contributed by atoms with Crippen LogP contribution in [-0.2, 0) is 17.5 Å². The molecular weight excluding hydrogens is 393 g/mol. The number of carbonyl (C=O) groups excluding carboxylic acids is 1. The summed E-state index contributed by atoms with van der Waals surface area (Å²) in [6.45, 7) is 1.09. The Balaban J connectivity index is 1.62. The molecule has 11 heteroatoms. The second-order valence-corrected chi connectivity index (χ2v) is 6.49. The Morgan fingerprint density at radius 3 is 2.24 bits per heavy atom. The summed E-state index contributed by atoms with van der Waals surface area (Å²) in [6.07, 6.45) is -3.62. The number of non-ortho nitro benzene ring substituents is 1. The van der Waals surface area contributed by atoms with Crippen LogP contribution < -0.4 is 10.5 Å². The van der Waals surface area contributed by atoms with Crippen molar-refractivity contribution in [2.24, 2.45) is 0 Å². The van der Waals surface area contributed by atoms with Gasteiger partial charge in [0.25, 0.3) is 11.2 Å². The summed E-state index contributed by atoms with van der Waals surface area (Å²) in [7, 11) is 0. The zero-order valence-corrected chi connectivity index (χ0v) is 15.1. The Bertz CT molecular complexity index is 964. The normalized spacial score (nSPS) is 14.7. The minimum Gasteiger partial charge on any atom is -0.368 e. The molecule has 0 aliphatic carbocycles. The van der Waals surface area contributed by atoms with E-state index in [1.54, 1.807) is 12.1 Å². The molecule has 1 aromatic carbocycles. The molecule has 3 rings (SSSR count). The molecule has 0 spiro atoms. The Kier molecular flexibility index (Phi) is 5.57. The van der Waals surface area contributed by atoms with Gasteiger partial charge >= 0.3 is 6.18 Å². The molecule has 29 heavy (non-hydrogen) atoms. The van der Waals surface area contributed by atoms with Gasteiger partial charge in [0.2, 0.25) is 5.91 Å². The van der Waals surface area contributed by atoms with E-state index in [9.17, 15) is 32.9 Å². The molecule has 0 bridgehead atoms. The number of carbonyl (C=O) groups is 1. The Hall–Kier alpha value is -3.37. The first-order valence-corrected chi connectivity index (χ1v) is 8.70. The van der Waals surface area contributed by atoms with Crippen LogP contribution in [0.15, 0.2) is 47.4 Å². The van der Waals surface area contributed by atoms with Crippen molar-refractivity contribution in [3.05, 3.63) is 68.6 Å². The zero-order chi connectivity index (χ0) is 21.2. The number of benzene rings is 1. The first kappa shape index (κ1) is 20.4. The molecule has 2 aromatic rings. The molecule has 1 amide bonds. The number of piperazine rings is 1. The molecule has 0 unspecified atom stereocenters. The maximum Gasteiger partial charge on any atom is 0.421 e. The number of rotatable bonds is 4. The summed E-state index contributed by atoms with van der Waals surface area (Å²) in [5, 5.41) is 10.7. The maximum absolute atomic E-state index is 12.8. The standard InChI is InChI=1S/C18H17F3N4O4/c19-18(20,21)15-2-1-7-24(17(15)27)12-16(26)23-10-8-22(9-11-23)13-3-5-14(6-4-13)25(28)29/h1-7H,8-12H2. The molecule has 1 aliphatic rings. The number of hydrogen-bond donors (Lipinski definition) is 0. The molecular formula is C18H17F3N4O4. The average molecular weight is 410 g/mol. The first-order chi connectivity index (χ1) is 13.7. The van der Waals surface area contributed by atoms with Gasteiger partial charge in [0.15, 0.2) is 0 Å². The second-order valence-electron chi connectivity index (χ2n) is 6.49. The van der Waals surface area contributed by atoms with Crippen LogP contribution in [0.3, 0.4) is 0 Å². The topological polar surface area (TPSA) is 88.7 Å². The quantitative estimate of drug-likeness (QED) is 0.569. The van der Waals surface area contributed by atoms with Gasteiger partial charge in [0.1, 0.15) is 12.1 Å². The fraction of sp³-hybridized carbons (Fsp3) is 0.333. The molecule has 0 atom stereocenters. The van der Waals surface area contributed by atoms with E-state index in [0.29, 0.717) is 32.2 Å². The minimum absolute atomic E-state index is 0.0194. The van der Waals surface area contributed by atoms with Gasteiger partial charge in [-0.05, 0) is 24.3 Å². The number of anilines is 1. The van der Waals surface area contributed by atoms with Crippen molar-refractivity contribution in [1.82, 2.24) is 9.47 Å². The van der Waals surface area contributed by atoms with Gasteiger partial charge in [-0.3, -0.25) is 19.7 Å². The highest BCUT2D eigenvalue weighted by atomic mass is 19.4. The van der Waals surface area contributed by atoms with Crippen molar-refractivity contribution in [2.75, 3.05) is 31.1 Å². The van der Waals surface area contributed by atoms with E-state index in [4.69, 9.17) is 0 Å². The summed E-state index contributed by atoms with van der Waals surface area (Å²) < 4.78 is 39.3. The third kappa shape index (κ3) is 4.55. The highest BCUT2D eigenvalue weighted by Gasteiger charge is 2.34. The van der Waals surface area contributed by atoms with Gasteiger partial charge in [0.05, 0.1) is 4.92 Å². The Labute approximate surface area is 162 Å². The lowest BCUT2D eigenvalue weighted by atomic mass is 10.2. The molecule has 8 nitrogen and oxygen atoms in total. The van der Waals surface area contributed by atoms with E-state index >= 15 is 0 Å². The van der Waals surface area contributed by atoms with Crippen LogP contribution in [0.25, 0.3) is 0 Å². The molecule has 1 saturated heterocycles. The first-order valence-electron chi connectivity index (χ1n) is 8.70. The minimum atomic E-state index is -4.78. The van der Waals surface area contributed by atoms with Crippen LogP contribution in [0.5, 0.6) is 0 Å². The van der Waals surface area contributed by atoms with Gasteiger partial charge < -0.3 is 14.4 Å². The predicted molar refractivity (Wildman–Crippen MR) is 97.6 cm³/mol. The molecule has 1 aromatic heterocycles. The highest BCUT2D eigenvalue weighted by Crippen LogP contribution is 2.26. The molecule has 0 N–H and O–H groups in total. The Morgan fingerprint density at radius 1 is 1.07 bits per heavy atom. The van der Waals surface area contributed by atoms with E-state index in [0.717, 1.165) is 22.5 Å². The summed E-state index contributed by atoms with van der Waals surface area (Å²) in [5.74, 6) is -0.449. The van der Waals surface area contributed by atoms with E-state index < -0.39 is 34.7 Å². The number of aromatic nitrogens is 1. The van der Waals surface area contributed by atoms with Gasteiger partial charge in [-0.1, -0.05) is 0 Å². The maximum atomic E-state index is 12.8. The largest absolute Gasteiger partial charge is 0.421 e. The molecule has 154 valence electrons. The fourth-order valence-corrected chi connectivity index (χ4v) is 3.12. The van der Waals surface area contributed by atoms with Crippen molar-refractivity contribution in [3.63, 3.8) is 0 Å². The van der Waals surface area contributed by atoms with Crippen LogP contribution in [0.2, 0.25) is 0 Å². The van der Waals surface area contributed by atoms with Crippen molar-refractivity contribution < 1.29 is 22.9 Å². The summed E-state index contributed by atoms with van der Waals surface area (Å²) in [5.41, 5.74) is -1.81. The average Bonchev–Trinajstić information content (AvgIpc) is 2.69. The van der Waals surface area contributed by atoms with Gasteiger partial charge in [-0.25, -0.2) is 0 Å². The van der Waals surface area contributed by atoms with Crippen LogP contribution >= 0.6 is 0 Å². The summed E-state index contributed by atoms with van der Waals surface area (Å²) >= 11 is 0. The number of nitro groups is 1. The molecule has 0 radical (unpaired) electrons. The smallest absolute Gasteiger partial charge is 0.368 e. The number of amides is 1. The van der Waals surface area contributed by atoms with Crippen LogP contribution in [0.1, 0.15) is 5.56 Å². The van der Waals surface area contributed by atoms with E-state index in [1.165, 1.54) is 17.0 Å². The number of nitrogens with zero attached hydrogens (tertiary/aromatic N) is 4. The van der Waals surface area contributed by atoms with Crippen molar-refractivity contribution in [3.8, 4) is 0 Å². The number of alkyl halides is 3. The number of pyridine rings is 1. The SMILES string of the molecule is O=C(Cn1cccc(C(F)(F)F)c1=O)N1CCN(c2ccc([N+](=O)[O-])cc2)CC1. The van der Waals surface area contributed by atoms with Gasteiger partial charge in [-0.2, -0.15) is 13.2 Å². The van der Waals surface area contributed by atoms with E-state index in [1.807, 2.05) is 4.90 Å². The summed E-state index contributed by atoms with van der Waals surface area (Å²) in [6, 6.07) is 7.81. The molecule has 1 fully saturated rings. The van der Waals surface area contributed by atoms with E-state index in [2.05, 4.69) is 0 Å². The van der Waals surface area contributed by atoms with Crippen molar-refractivity contribution >= 4 is 17.3 Å². The Morgan fingerprint density at radius 2 is 1.69 bits per heavy atom. The molecule has 0 saturated carbocycles. The number of halogens is 3. The molecule has 1 aliphatic heterocycles. The number of hydrogen-bond acceptors (Lipinski definition) is 5. The lowest BCUT2D eigenvalue weighted by Gasteiger charge is -2.36. The third-order valence-corrected chi connectivity index (χ3v) is 4.69. The van der Waals surface area contributed by atoms with Crippen molar-refractivity contribution in [2.45, 2.75) is 12.7 Å². The fourth-order valence-electron chi connectivity index (χ4n) is 3.12. The van der Waals surface area contributed by atoms with Crippen LogP contribution in [0.4, 0.5) is 24.5 Å². The lowest BCUT2D eigenvalue weighted by Crippen LogP contribution is -2.50. The third-order valence-electron chi connectivity index (χ3n) is 4.69. The highest BCUT2D eigenvalue weighted by molar-refractivity contribution is 5.76. The lowest BCUT2D eigenvalue weighted by molar-refractivity contribution is -0.384. The van der Waals surface area contributed by atoms with Crippen LogP contribution in [0, 0.1) is 10.1 Å². The predicted octanol–water partition coefficient (Wildman–Crippen LogP) is 2.12. The second kappa shape index (κ2) is 7.94. The van der Waals surface area contributed by atoms with Gasteiger partial charge in [-0.15, -0.1) is 0 Å². The molecule has 2 heterocycles. The zero-order valence-electron chi connectivity index (χ0n) is 15.1. The summed E-state index contributed by atoms with van der Waals surface area (Å²) in [4.78, 5) is 38.1. The van der Waals surface area contributed by atoms with Gasteiger partial charge in [0, 0.05) is 50.2 Å². The van der Waals surface area contributed by atoms with Crippen molar-refractivity contribution in [1.29, 1.82) is 0 Å².